The van der Waals surface area contributed by atoms with Crippen LogP contribution in [0, 0.1) is 5.92 Å². The molecule has 1 saturated carbocycles. The summed E-state index contributed by atoms with van der Waals surface area (Å²) >= 11 is 0. The molecule has 1 unspecified atom stereocenters. The number of nitrogens with zero attached hydrogens (tertiary/aromatic N) is 1. The van der Waals surface area contributed by atoms with Crippen LogP contribution in [0.3, 0.4) is 0 Å². The number of hydrogen-bond donors (Lipinski definition) is 0. The molecule has 0 spiro atoms. The maximum absolute atomic E-state index is 4.14. The van der Waals surface area contributed by atoms with Crippen molar-refractivity contribution in [3.05, 3.63) is 12.3 Å². The van der Waals surface area contributed by atoms with Crippen molar-refractivity contribution in [3.8, 4) is 0 Å². The molecule has 1 aliphatic heterocycles. The van der Waals surface area contributed by atoms with Gasteiger partial charge in [-0.05, 0) is 12.8 Å². The fourth-order valence-corrected chi connectivity index (χ4v) is 1.05. The van der Waals surface area contributed by atoms with Gasteiger partial charge >= 0.3 is 0 Å². The molecule has 0 aromatic rings. The molecule has 1 aliphatic carbocycles. The SMILES string of the molecule is C1=CC2CCC2=N1. The van der Waals surface area contributed by atoms with E-state index >= 15 is 0 Å². The molecule has 1 heterocycles. The van der Waals surface area contributed by atoms with E-state index < -0.39 is 0 Å². The topological polar surface area (TPSA) is 12.4 Å². The molecule has 1 fully saturated rings. The van der Waals surface area contributed by atoms with E-state index in [2.05, 4.69) is 11.1 Å². The number of aliphatic imine (C=N–C) groups is 1. The van der Waals surface area contributed by atoms with Crippen LogP contribution in [-0.4, -0.2) is 5.71 Å². The maximum atomic E-state index is 4.14. The largest absolute Gasteiger partial charge is 0.265 e. The molecular formula is C6H7N. The van der Waals surface area contributed by atoms with Gasteiger partial charge in [-0.3, -0.25) is 4.99 Å². The summed E-state index contributed by atoms with van der Waals surface area (Å²) in [5.41, 5.74) is 1.40. The Morgan fingerprint density at radius 3 is 3.00 bits per heavy atom. The summed E-state index contributed by atoms with van der Waals surface area (Å²) in [5, 5.41) is 0. The van der Waals surface area contributed by atoms with E-state index in [1.807, 2.05) is 6.20 Å². The van der Waals surface area contributed by atoms with Crippen molar-refractivity contribution in [1.82, 2.24) is 0 Å². The molecule has 2 rings (SSSR count). The molecule has 2 aliphatic rings. The van der Waals surface area contributed by atoms with E-state index in [9.17, 15) is 0 Å². The molecule has 0 saturated heterocycles. The van der Waals surface area contributed by atoms with Crippen molar-refractivity contribution in [1.29, 1.82) is 0 Å². The summed E-state index contributed by atoms with van der Waals surface area (Å²) in [5.74, 6) is 0.764. The normalized spacial score (nSPS) is 34.3. The third-order valence-electron chi connectivity index (χ3n) is 1.70. The average molecular weight is 93.1 g/mol. The Bertz CT molecular complexity index is 144. The average Bonchev–Trinajstić information content (AvgIpc) is 1.85. The van der Waals surface area contributed by atoms with Crippen molar-refractivity contribution < 1.29 is 0 Å². The van der Waals surface area contributed by atoms with Crippen LogP contribution in [0.4, 0.5) is 0 Å². The molecule has 0 aromatic heterocycles. The highest BCUT2D eigenvalue weighted by Gasteiger charge is 2.24. The van der Waals surface area contributed by atoms with Crippen molar-refractivity contribution in [2.45, 2.75) is 12.8 Å². The van der Waals surface area contributed by atoms with Crippen molar-refractivity contribution in [2.24, 2.45) is 10.9 Å². The van der Waals surface area contributed by atoms with Gasteiger partial charge < -0.3 is 0 Å². The summed E-state index contributed by atoms with van der Waals surface area (Å²) in [6, 6.07) is 0. The Kier molecular flexibility index (Phi) is 0.474. The van der Waals surface area contributed by atoms with Gasteiger partial charge in [0.15, 0.2) is 0 Å². The zero-order valence-electron chi connectivity index (χ0n) is 4.09. The van der Waals surface area contributed by atoms with E-state index in [0.29, 0.717) is 0 Å². The first kappa shape index (κ1) is 3.42. The molecule has 1 nitrogen and oxygen atoms in total. The summed E-state index contributed by atoms with van der Waals surface area (Å²) < 4.78 is 0. The zero-order chi connectivity index (χ0) is 4.69. The predicted molar refractivity (Wildman–Crippen MR) is 29.3 cm³/mol. The number of fused-ring (bicyclic) bond motifs is 1. The zero-order valence-corrected chi connectivity index (χ0v) is 4.09. The van der Waals surface area contributed by atoms with Crippen molar-refractivity contribution in [3.63, 3.8) is 0 Å². The lowest BCUT2D eigenvalue weighted by Crippen LogP contribution is -2.20. The molecule has 36 valence electrons. The van der Waals surface area contributed by atoms with Crippen molar-refractivity contribution >= 4 is 5.71 Å². The molecule has 1 atom stereocenters. The fourth-order valence-electron chi connectivity index (χ4n) is 1.05. The monoisotopic (exact) mass is 93.1 g/mol. The van der Waals surface area contributed by atoms with Gasteiger partial charge in [0, 0.05) is 17.8 Å². The highest BCUT2D eigenvalue weighted by atomic mass is 14.8. The Labute approximate surface area is 42.8 Å². The molecule has 0 amide bonds. The third kappa shape index (κ3) is 0.303. The summed E-state index contributed by atoms with van der Waals surface area (Å²) in [7, 11) is 0. The van der Waals surface area contributed by atoms with Crippen LogP contribution in [0.1, 0.15) is 12.8 Å². The van der Waals surface area contributed by atoms with Gasteiger partial charge in [-0.2, -0.15) is 0 Å². The summed E-state index contributed by atoms with van der Waals surface area (Å²) in [6.07, 6.45) is 6.69. The van der Waals surface area contributed by atoms with E-state index in [1.54, 1.807) is 0 Å². The van der Waals surface area contributed by atoms with Gasteiger partial charge in [0.25, 0.3) is 0 Å². The second kappa shape index (κ2) is 0.971. The van der Waals surface area contributed by atoms with Gasteiger partial charge in [-0.1, -0.05) is 6.08 Å². The van der Waals surface area contributed by atoms with Crippen LogP contribution in [0.15, 0.2) is 17.3 Å². The summed E-state index contributed by atoms with van der Waals surface area (Å²) in [6.45, 7) is 0. The minimum atomic E-state index is 0.764. The molecule has 0 N–H and O–H groups in total. The molecule has 0 bridgehead atoms. The Hall–Kier alpha value is -0.590. The first-order valence-corrected chi connectivity index (χ1v) is 2.70. The standard InChI is InChI=1S/C6H7N/c1-2-6-5(1)3-4-7-6/h3-5H,1-2H2. The number of hydrogen-bond acceptors (Lipinski definition) is 1. The van der Waals surface area contributed by atoms with Crippen LogP contribution in [0.2, 0.25) is 0 Å². The van der Waals surface area contributed by atoms with Crippen LogP contribution >= 0.6 is 0 Å². The Morgan fingerprint density at radius 1 is 1.71 bits per heavy atom. The second-order valence-corrected chi connectivity index (χ2v) is 2.11. The van der Waals surface area contributed by atoms with Crippen LogP contribution in [0.5, 0.6) is 0 Å². The maximum Gasteiger partial charge on any atom is 0.0248 e. The van der Waals surface area contributed by atoms with Crippen molar-refractivity contribution in [2.75, 3.05) is 0 Å². The van der Waals surface area contributed by atoms with E-state index in [0.717, 1.165) is 5.92 Å². The predicted octanol–water partition coefficient (Wildman–Crippen LogP) is 1.36. The lowest BCUT2D eigenvalue weighted by atomic mass is 9.84. The van der Waals surface area contributed by atoms with E-state index in [4.69, 9.17) is 0 Å². The smallest absolute Gasteiger partial charge is 0.0248 e. The number of allylic oxidation sites excluding steroid dienone is 1. The van der Waals surface area contributed by atoms with Gasteiger partial charge in [0.2, 0.25) is 0 Å². The summed E-state index contributed by atoms with van der Waals surface area (Å²) in [4.78, 5) is 4.14. The highest BCUT2D eigenvalue weighted by molar-refractivity contribution is 5.95. The van der Waals surface area contributed by atoms with Gasteiger partial charge in [-0.15, -0.1) is 0 Å². The first-order valence-electron chi connectivity index (χ1n) is 2.70. The molecular weight excluding hydrogens is 86.1 g/mol. The van der Waals surface area contributed by atoms with E-state index in [-0.39, 0.29) is 0 Å². The Morgan fingerprint density at radius 2 is 2.71 bits per heavy atom. The molecule has 7 heavy (non-hydrogen) atoms. The first-order chi connectivity index (χ1) is 3.47. The molecule has 1 heteroatoms. The van der Waals surface area contributed by atoms with Gasteiger partial charge in [0.05, 0.1) is 0 Å². The number of rotatable bonds is 0. The van der Waals surface area contributed by atoms with Crippen LogP contribution in [0.25, 0.3) is 0 Å². The van der Waals surface area contributed by atoms with Crippen LogP contribution < -0.4 is 0 Å². The second-order valence-electron chi connectivity index (χ2n) is 2.11. The van der Waals surface area contributed by atoms with Gasteiger partial charge in [0.1, 0.15) is 0 Å². The third-order valence-corrected chi connectivity index (χ3v) is 1.70. The molecule has 0 aromatic carbocycles. The Balaban J connectivity index is 2.34. The minimum Gasteiger partial charge on any atom is -0.265 e. The lowest BCUT2D eigenvalue weighted by Gasteiger charge is -2.20. The van der Waals surface area contributed by atoms with E-state index in [1.165, 1.54) is 18.6 Å². The molecule has 0 radical (unpaired) electrons. The fraction of sp³-hybridized carbons (Fsp3) is 0.500. The quantitative estimate of drug-likeness (QED) is 0.429. The van der Waals surface area contributed by atoms with Crippen LogP contribution in [-0.2, 0) is 0 Å². The van der Waals surface area contributed by atoms with Gasteiger partial charge in [-0.25, -0.2) is 0 Å². The lowest BCUT2D eigenvalue weighted by molar-refractivity contribution is 0.676. The minimum absolute atomic E-state index is 0.764. The highest BCUT2D eigenvalue weighted by Crippen LogP contribution is 2.28.